The van der Waals surface area contributed by atoms with Crippen molar-refractivity contribution in [1.82, 2.24) is 9.97 Å². The van der Waals surface area contributed by atoms with Crippen LogP contribution in [0.15, 0.2) is 48.8 Å². The van der Waals surface area contributed by atoms with Gasteiger partial charge in [0, 0.05) is 12.0 Å². The average molecular weight is 405 g/mol. The summed E-state index contributed by atoms with van der Waals surface area (Å²) in [5.74, 6) is 0.791. The molecule has 6 nitrogen and oxygen atoms in total. The van der Waals surface area contributed by atoms with Crippen LogP contribution >= 0.6 is 0 Å². The number of hydrogen-bond donors (Lipinski definition) is 3. The van der Waals surface area contributed by atoms with Gasteiger partial charge in [-0.1, -0.05) is 26.5 Å². The molecule has 6 heteroatoms. The molecule has 0 saturated heterocycles. The van der Waals surface area contributed by atoms with Crippen LogP contribution in [0.4, 0.5) is 5.82 Å². The molecule has 30 heavy (non-hydrogen) atoms. The quantitative estimate of drug-likeness (QED) is 0.466. The second kappa shape index (κ2) is 8.95. The van der Waals surface area contributed by atoms with Crippen LogP contribution in [0.3, 0.4) is 0 Å². The van der Waals surface area contributed by atoms with Crippen molar-refractivity contribution >= 4 is 17.3 Å². The first kappa shape index (κ1) is 21.3. The summed E-state index contributed by atoms with van der Waals surface area (Å²) >= 11 is 0. The zero-order valence-corrected chi connectivity index (χ0v) is 17.6. The zero-order valence-electron chi connectivity index (χ0n) is 17.6. The molecule has 0 atom stereocenters. The van der Waals surface area contributed by atoms with Gasteiger partial charge < -0.3 is 15.5 Å². The third kappa shape index (κ3) is 4.76. The lowest BCUT2D eigenvalue weighted by atomic mass is 9.91. The Bertz CT molecular complexity index is 1050. The fourth-order valence-corrected chi connectivity index (χ4v) is 3.40. The number of phenols is 1. The van der Waals surface area contributed by atoms with E-state index in [9.17, 15) is 15.0 Å². The van der Waals surface area contributed by atoms with Crippen LogP contribution in [0, 0.1) is 5.92 Å². The smallest absolute Gasteiger partial charge is 0.225 e. The Morgan fingerprint density at radius 3 is 2.73 bits per heavy atom. The second-order valence-electron chi connectivity index (χ2n) is 7.85. The number of benzene rings is 1. The molecule has 1 aromatic heterocycles. The third-order valence-electron chi connectivity index (χ3n) is 4.88. The molecule has 1 heterocycles. The summed E-state index contributed by atoms with van der Waals surface area (Å²) < 4.78 is 0. The van der Waals surface area contributed by atoms with E-state index in [-0.39, 0.29) is 23.3 Å². The minimum atomic E-state index is -0.112. The van der Waals surface area contributed by atoms with Gasteiger partial charge >= 0.3 is 0 Å². The van der Waals surface area contributed by atoms with E-state index in [2.05, 4.69) is 11.9 Å². The molecule has 0 spiro atoms. The van der Waals surface area contributed by atoms with E-state index in [0.29, 0.717) is 24.4 Å². The highest BCUT2D eigenvalue weighted by molar-refractivity contribution is 5.93. The number of aromatic nitrogens is 2. The van der Waals surface area contributed by atoms with Gasteiger partial charge in [0.2, 0.25) is 5.91 Å². The number of nitrogens with zero attached hydrogens (tertiary/aromatic N) is 2. The number of hydrogen-bond acceptors (Lipinski definition) is 5. The van der Waals surface area contributed by atoms with E-state index >= 15 is 0 Å². The molecule has 0 fully saturated rings. The second-order valence-corrected chi connectivity index (χ2v) is 7.85. The van der Waals surface area contributed by atoms with Gasteiger partial charge in [-0.2, -0.15) is 0 Å². The van der Waals surface area contributed by atoms with Gasteiger partial charge in [-0.25, -0.2) is 9.97 Å². The van der Waals surface area contributed by atoms with Crippen molar-refractivity contribution in [2.24, 2.45) is 5.92 Å². The maximum Gasteiger partial charge on any atom is 0.225 e. The number of allylic oxidation sites excluding steroid dienone is 4. The predicted molar refractivity (Wildman–Crippen MR) is 119 cm³/mol. The van der Waals surface area contributed by atoms with Gasteiger partial charge in [-0.05, 0) is 67.2 Å². The van der Waals surface area contributed by atoms with E-state index in [1.54, 1.807) is 18.2 Å². The van der Waals surface area contributed by atoms with Crippen molar-refractivity contribution in [2.75, 3.05) is 5.32 Å². The lowest BCUT2D eigenvalue weighted by molar-refractivity contribution is -0.116. The van der Waals surface area contributed by atoms with Crippen LogP contribution < -0.4 is 5.32 Å². The highest BCUT2D eigenvalue weighted by Gasteiger charge is 2.23. The first-order valence-electron chi connectivity index (χ1n) is 10.0. The van der Waals surface area contributed by atoms with Crippen LogP contribution in [0.2, 0.25) is 0 Å². The molecule has 0 saturated carbocycles. The molecule has 3 rings (SSSR count). The maximum atomic E-state index is 12.4. The van der Waals surface area contributed by atoms with Crippen LogP contribution in [0.5, 0.6) is 5.75 Å². The summed E-state index contributed by atoms with van der Waals surface area (Å²) in [6.07, 6.45) is 6.39. The number of carbonyl (C=O) groups is 1. The maximum absolute atomic E-state index is 12.4. The number of aliphatic hydroxyl groups is 1. The number of carbonyl (C=O) groups excluding carboxylic acids is 1. The number of anilines is 1. The van der Waals surface area contributed by atoms with Crippen molar-refractivity contribution in [3.8, 4) is 17.0 Å². The minimum Gasteiger partial charge on any atom is -0.508 e. The summed E-state index contributed by atoms with van der Waals surface area (Å²) in [5.41, 5.74) is 4.79. The fourth-order valence-electron chi connectivity index (χ4n) is 3.40. The molecule has 156 valence electrons. The number of nitrogens with one attached hydrogen (secondary N) is 1. The zero-order chi connectivity index (χ0) is 21.8. The molecule has 1 aliphatic rings. The molecule has 0 bridgehead atoms. The van der Waals surface area contributed by atoms with Gasteiger partial charge in [0.15, 0.2) is 5.82 Å². The number of phenolic OH excluding ortho intramolecular Hbond substituents is 1. The number of aryl methyl sites for hydroxylation is 2. The fraction of sp³-hybridized carbons (Fsp3) is 0.292. The number of aliphatic hydroxyl groups excluding tert-OH is 1. The summed E-state index contributed by atoms with van der Waals surface area (Å²) in [6.45, 7) is 9.35. The van der Waals surface area contributed by atoms with E-state index in [0.717, 1.165) is 34.5 Å². The lowest BCUT2D eigenvalue weighted by Crippen LogP contribution is -2.19. The molecule has 0 aliphatic heterocycles. The van der Waals surface area contributed by atoms with Gasteiger partial charge in [0.25, 0.3) is 0 Å². The highest BCUT2D eigenvalue weighted by Crippen LogP contribution is 2.35. The van der Waals surface area contributed by atoms with E-state index in [1.165, 1.54) is 12.2 Å². The highest BCUT2D eigenvalue weighted by atomic mass is 16.3. The van der Waals surface area contributed by atoms with Crippen LogP contribution in [0.1, 0.15) is 44.1 Å². The number of aromatic hydroxyl groups is 1. The monoisotopic (exact) mass is 405 g/mol. The Balaban J connectivity index is 2.11. The molecule has 1 aromatic carbocycles. The number of amides is 1. The normalized spacial score (nSPS) is 13.6. The third-order valence-corrected chi connectivity index (χ3v) is 4.88. The molecule has 0 unspecified atom stereocenters. The Kier molecular flexibility index (Phi) is 6.35. The van der Waals surface area contributed by atoms with E-state index in [1.807, 2.05) is 26.8 Å². The summed E-state index contributed by atoms with van der Waals surface area (Å²) in [7, 11) is 0. The molecule has 1 amide bonds. The van der Waals surface area contributed by atoms with Gasteiger partial charge in [-0.3, -0.25) is 4.79 Å². The molecule has 3 N–H and O–H groups in total. The van der Waals surface area contributed by atoms with Crippen molar-refractivity contribution in [3.63, 3.8) is 0 Å². The number of rotatable bonds is 6. The Hall–Kier alpha value is -3.41. The summed E-state index contributed by atoms with van der Waals surface area (Å²) in [4.78, 5) is 22.0. The van der Waals surface area contributed by atoms with Gasteiger partial charge in [-0.15, -0.1) is 0 Å². The van der Waals surface area contributed by atoms with Crippen LogP contribution in [0.25, 0.3) is 16.8 Å². The first-order valence-corrected chi connectivity index (χ1v) is 10.0. The van der Waals surface area contributed by atoms with Crippen molar-refractivity contribution in [2.45, 2.75) is 40.0 Å². The number of fused-ring (bicyclic) bond motifs is 3. The van der Waals surface area contributed by atoms with Crippen molar-refractivity contribution < 1.29 is 15.0 Å². The predicted octanol–water partition coefficient (Wildman–Crippen LogP) is 4.96. The lowest BCUT2D eigenvalue weighted by Gasteiger charge is -2.21. The minimum absolute atomic E-state index is 0.0338. The van der Waals surface area contributed by atoms with Crippen molar-refractivity contribution in [1.29, 1.82) is 0 Å². The standard InChI is InChI=1S/C24H27N3O3/c1-5-17(28)8-6-15(4)22-24(26-21(30)12-14(2)3)25-20-11-7-16-13-18(29)9-10-19(16)23(20)27-22/h5-6,8-10,13-14,28-29H,1,7,11-12H2,2-4H3,(H,25,26,30)/b15-6+,17-8+. The Morgan fingerprint density at radius 2 is 2.03 bits per heavy atom. The average Bonchev–Trinajstić information content (AvgIpc) is 2.70. The topological polar surface area (TPSA) is 95.3 Å². The van der Waals surface area contributed by atoms with Crippen molar-refractivity contribution in [3.05, 3.63) is 65.7 Å². The van der Waals surface area contributed by atoms with E-state index in [4.69, 9.17) is 9.97 Å². The molecule has 2 aromatic rings. The van der Waals surface area contributed by atoms with Crippen LogP contribution in [-0.4, -0.2) is 26.1 Å². The van der Waals surface area contributed by atoms with Gasteiger partial charge in [0.05, 0.1) is 11.4 Å². The Labute approximate surface area is 176 Å². The SMILES string of the molecule is C=C/C(O)=C\C=C(/C)c1nc2c(nc1NC(=O)CC(C)C)CCc1cc(O)ccc1-2. The Morgan fingerprint density at radius 1 is 1.27 bits per heavy atom. The van der Waals surface area contributed by atoms with Crippen LogP contribution in [-0.2, 0) is 17.6 Å². The van der Waals surface area contributed by atoms with Gasteiger partial charge in [0.1, 0.15) is 17.2 Å². The largest absolute Gasteiger partial charge is 0.508 e. The summed E-state index contributed by atoms with van der Waals surface area (Å²) in [6, 6.07) is 5.24. The molecular formula is C24H27N3O3. The molecule has 0 radical (unpaired) electrons. The first-order chi connectivity index (χ1) is 14.3. The molecular weight excluding hydrogens is 378 g/mol. The van der Waals surface area contributed by atoms with E-state index < -0.39 is 0 Å². The summed E-state index contributed by atoms with van der Waals surface area (Å²) in [5, 5.41) is 22.4. The molecule has 1 aliphatic carbocycles.